The molecule has 3 rings (SSSR count). The van der Waals surface area contributed by atoms with Crippen LogP contribution in [0, 0.1) is 0 Å². The molecule has 0 aromatic heterocycles. The van der Waals surface area contributed by atoms with Gasteiger partial charge in [0.05, 0.1) is 19.1 Å². The van der Waals surface area contributed by atoms with Crippen LogP contribution < -0.4 is 14.8 Å². The van der Waals surface area contributed by atoms with Crippen LogP contribution in [0.25, 0.3) is 0 Å². The fourth-order valence-corrected chi connectivity index (χ4v) is 4.78. The molecule has 0 spiro atoms. The molecule has 0 amide bonds. The Balaban J connectivity index is 1.94. The molecule has 0 aliphatic rings. The summed E-state index contributed by atoms with van der Waals surface area (Å²) in [5.74, 6) is 1.27. The van der Waals surface area contributed by atoms with Crippen molar-refractivity contribution in [3.8, 4) is 11.5 Å². The normalized spacial score (nSPS) is 12.9. The number of sulfonamides is 1. The number of ether oxygens (including phenoxy) is 2. The maximum atomic E-state index is 13.6. The third-order valence-electron chi connectivity index (χ3n) is 5.38. The van der Waals surface area contributed by atoms with Gasteiger partial charge in [-0.2, -0.15) is 17.5 Å². The second kappa shape index (κ2) is 11.0. The third-order valence-corrected chi connectivity index (χ3v) is 7.17. The third kappa shape index (κ3) is 6.89. The summed E-state index contributed by atoms with van der Waals surface area (Å²) in [5.41, 5.74) is 1.51. The van der Waals surface area contributed by atoms with Crippen LogP contribution in [-0.4, -0.2) is 39.2 Å². The van der Waals surface area contributed by atoms with Gasteiger partial charge >= 0.3 is 6.18 Å². The van der Waals surface area contributed by atoms with E-state index in [2.05, 4.69) is 5.32 Å². The van der Waals surface area contributed by atoms with Crippen LogP contribution in [0.3, 0.4) is 0 Å². The smallest absolute Gasteiger partial charge is 0.408 e. The summed E-state index contributed by atoms with van der Waals surface area (Å²) in [6.07, 6.45) is -4.47. The molecule has 10 heteroatoms. The highest BCUT2D eigenvalue weighted by Crippen LogP contribution is 2.27. The zero-order valence-electron chi connectivity index (χ0n) is 19.5. The van der Waals surface area contributed by atoms with Crippen LogP contribution in [0.1, 0.15) is 18.1 Å². The van der Waals surface area contributed by atoms with E-state index in [-0.39, 0.29) is 23.7 Å². The number of hydrogen-bond acceptors (Lipinski definition) is 5. The summed E-state index contributed by atoms with van der Waals surface area (Å²) < 4.78 is 77.9. The van der Waals surface area contributed by atoms with Gasteiger partial charge in [-0.25, -0.2) is 8.42 Å². The van der Waals surface area contributed by atoms with Crippen molar-refractivity contribution in [2.45, 2.75) is 37.1 Å². The summed E-state index contributed by atoms with van der Waals surface area (Å²) in [5, 5.41) is 2.32. The Bertz CT molecular complexity index is 1170. The molecule has 6 nitrogen and oxygen atoms in total. The van der Waals surface area contributed by atoms with Crippen molar-refractivity contribution >= 4 is 15.7 Å². The van der Waals surface area contributed by atoms with Gasteiger partial charge in [0.25, 0.3) is 0 Å². The first kappa shape index (κ1) is 26.4. The van der Waals surface area contributed by atoms with E-state index in [0.29, 0.717) is 11.5 Å². The van der Waals surface area contributed by atoms with Crippen LogP contribution in [0.4, 0.5) is 18.9 Å². The molecule has 0 heterocycles. The van der Waals surface area contributed by atoms with Crippen LogP contribution in [0.5, 0.6) is 11.5 Å². The molecule has 0 saturated heterocycles. The van der Waals surface area contributed by atoms with Gasteiger partial charge in [0.2, 0.25) is 10.0 Å². The van der Waals surface area contributed by atoms with Gasteiger partial charge < -0.3 is 14.8 Å². The minimum absolute atomic E-state index is 0.0506. The lowest BCUT2D eigenvalue weighted by molar-refractivity contribution is -0.138. The number of rotatable bonds is 10. The predicted molar refractivity (Wildman–Crippen MR) is 128 cm³/mol. The molecule has 0 fully saturated rings. The van der Waals surface area contributed by atoms with Crippen molar-refractivity contribution in [1.82, 2.24) is 4.31 Å². The van der Waals surface area contributed by atoms with Crippen molar-refractivity contribution in [3.63, 3.8) is 0 Å². The van der Waals surface area contributed by atoms with Crippen LogP contribution in [-0.2, 0) is 23.1 Å². The van der Waals surface area contributed by atoms with Gasteiger partial charge in [-0.1, -0.05) is 30.3 Å². The average molecular weight is 509 g/mol. The number of nitrogens with zero attached hydrogens (tertiary/aromatic N) is 1. The van der Waals surface area contributed by atoms with Crippen molar-refractivity contribution in [3.05, 3.63) is 83.9 Å². The Hall–Kier alpha value is -3.24. The second-order valence-electron chi connectivity index (χ2n) is 7.90. The molecule has 35 heavy (non-hydrogen) atoms. The first-order valence-electron chi connectivity index (χ1n) is 10.7. The first-order chi connectivity index (χ1) is 16.5. The van der Waals surface area contributed by atoms with Gasteiger partial charge in [0.1, 0.15) is 17.5 Å². The standard InChI is InChI=1S/C25H27F3N2O4S/c1-18(25(26,27)28)29-21-5-4-6-24(15-21)35(31,32)30(16-19-7-11-22(33-2)12-8-19)17-20-9-13-23(34-3)14-10-20/h4-15,18,29H,16-17H2,1-3H3. The Morgan fingerprint density at radius 1 is 0.857 bits per heavy atom. The van der Waals surface area contributed by atoms with Crippen molar-refractivity contribution < 1.29 is 31.1 Å². The summed E-state index contributed by atoms with van der Waals surface area (Å²) in [4.78, 5) is -0.112. The van der Waals surface area contributed by atoms with Crippen molar-refractivity contribution in [1.29, 1.82) is 0 Å². The fourth-order valence-electron chi connectivity index (χ4n) is 3.32. The van der Waals surface area contributed by atoms with Gasteiger partial charge in [0, 0.05) is 18.8 Å². The van der Waals surface area contributed by atoms with Crippen LogP contribution >= 0.6 is 0 Å². The van der Waals surface area contributed by atoms with Gasteiger partial charge in [0.15, 0.2) is 0 Å². The van der Waals surface area contributed by atoms with Crippen molar-refractivity contribution in [2.24, 2.45) is 0 Å². The molecule has 0 bridgehead atoms. The van der Waals surface area contributed by atoms with Gasteiger partial charge in [-0.3, -0.25) is 0 Å². The maximum absolute atomic E-state index is 13.6. The van der Waals surface area contributed by atoms with Crippen LogP contribution in [0.15, 0.2) is 77.7 Å². The van der Waals surface area contributed by atoms with E-state index < -0.39 is 22.2 Å². The van der Waals surface area contributed by atoms with E-state index in [4.69, 9.17) is 9.47 Å². The minimum Gasteiger partial charge on any atom is -0.497 e. The fraction of sp³-hybridized carbons (Fsp3) is 0.280. The zero-order valence-corrected chi connectivity index (χ0v) is 20.4. The summed E-state index contributed by atoms with van der Waals surface area (Å²) in [7, 11) is -0.997. The van der Waals surface area contributed by atoms with E-state index in [1.165, 1.54) is 42.8 Å². The Morgan fingerprint density at radius 2 is 1.34 bits per heavy atom. The molecule has 1 unspecified atom stereocenters. The van der Waals surface area contributed by atoms with E-state index in [9.17, 15) is 21.6 Å². The lowest BCUT2D eigenvalue weighted by atomic mass is 10.2. The molecular formula is C25H27F3N2O4S. The highest BCUT2D eigenvalue weighted by molar-refractivity contribution is 7.89. The van der Waals surface area contributed by atoms with Gasteiger partial charge in [-0.05, 0) is 60.5 Å². The molecule has 3 aromatic carbocycles. The lowest BCUT2D eigenvalue weighted by Crippen LogP contribution is -2.33. The molecule has 0 radical (unpaired) electrons. The SMILES string of the molecule is COc1ccc(CN(Cc2ccc(OC)cc2)S(=O)(=O)c2cccc(NC(C)C(F)(F)F)c2)cc1. The average Bonchev–Trinajstić information content (AvgIpc) is 2.84. The lowest BCUT2D eigenvalue weighted by Gasteiger charge is -2.24. The summed E-state index contributed by atoms with van der Waals surface area (Å²) in [6, 6.07) is 17.5. The number of halogens is 3. The number of anilines is 1. The largest absolute Gasteiger partial charge is 0.497 e. The predicted octanol–water partition coefficient (Wildman–Crippen LogP) is 5.46. The number of nitrogens with one attached hydrogen (secondary N) is 1. The molecule has 1 atom stereocenters. The monoisotopic (exact) mass is 508 g/mol. The van der Waals surface area contributed by atoms with Crippen LogP contribution in [0.2, 0.25) is 0 Å². The quantitative estimate of drug-likeness (QED) is 0.394. The number of alkyl halides is 3. The summed E-state index contributed by atoms with van der Waals surface area (Å²) in [6.45, 7) is 1.07. The Kier molecular flexibility index (Phi) is 8.29. The topological polar surface area (TPSA) is 67.9 Å². The zero-order chi connectivity index (χ0) is 25.6. The van der Waals surface area contributed by atoms with E-state index in [1.54, 1.807) is 48.5 Å². The minimum atomic E-state index is -4.47. The number of hydrogen-bond donors (Lipinski definition) is 1. The maximum Gasteiger partial charge on any atom is 0.408 e. The molecule has 3 aromatic rings. The molecule has 1 N–H and O–H groups in total. The summed E-state index contributed by atoms with van der Waals surface area (Å²) >= 11 is 0. The Morgan fingerprint density at radius 3 is 1.77 bits per heavy atom. The first-order valence-corrected chi connectivity index (χ1v) is 12.2. The molecule has 0 aliphatic heterocycles. The van der Waals surface area contributed by atoms with E-state index >= 15 is 0 Å². The Labute approximate surface area is 203 Å². The number of methoxy groups -OCH3 is 2. The van der Waals surface area contributed by atoms with E-state index in [0.717, 1.165) is 18.1 Å². The molecule has 188 valence electrons. The van der Waals surface area contributed by atoms with Crippen molar-refractivity contribution in [2.75, 3.05) is 19.5 Å². The molecule has 0 saturated carbocycles. The van der Waals surface area contributed by atoms with Gasteiger partial charge in [-0.15, -0.1) is 0 Å². The highest BCUT2D eigenvalue weighted by Gasteiger charge is 2.36. The second-order valence-corrected chi connectivity index (χ2v) is 9.84. The number of benzene rings is 3. The molecular weight excluding hydrogens is 481 g/mol. The highest BCUT2D eigenvalue weighted by atomic mass is 32.2. The molecule has 0 aliphatic carbocycles. The van der Waals surface area contributed by atoms with E-state index in [1.807, 2.05) is 0 Å².